The summed E-state index contributed by atoms with van der Waals surface area (Å²) in [6.45, 7) is 0. The van der Waals surface area contributed by atoms with Gasteiger partial charge in [0.1, 0.15) is 42.3 Å². The average Bonchev–Trinajstić information content (AvgIpc) is 3.17. The van der Waals surface area contributed by atoms with Crippen molar-refractivity contribution in [1.82, 2.24) is 29.9 Å². The normalized spacial score (nSPS) is 13.4. The number of phenols is 1. The van der Waals surface area contributed by atoms with Crippen LogP contribution in [0.1, 0.15) is 0 Å². The molecule has 13 N–H and O–H groups in total. The lowest BCUT2D eigenvalue weighted by Crippen LogP contribution is -2.16. The number of nitrogens with two attached hydrogens (primary N) is 1. The lowest BCUT2D eigenvalue weighted by molar-refractivity contribution is 0.472. The summed E-state index contributed by atoms with van der Waals surface area (Å²) in [6.07, 6.45) is 0. The largest absolute Gasteiger partial charge is 0.505 e. The molecule has 0 bridgehead atoms. The van der Waals surface area contributed by atoms with Gasteiger partial charge in [-0.05, 0) is 126 Å². The van der Waals surface area contributed by atoms with Gasteiger partial charge in [0.25, 0.3) is 60.7 Å². The third-order valence-corrected chi connectivity index (χ3v) is 16.0. The van der Waals surface area contributed by atoms with Gasteiger partial charge in [0.05, 0.1) is 32.2 Å². The number of fused-ring (bicyclic) bond motifs is 1. The number of benzene rings is 6. The van der Waals surface area contributed by atoms with E-state index in [9.17, 15) is 82.9 Å². The van der Waals surface area contributed by atoms with E-state index in [1.807, 2.05) is 0 Å². The Bertz CT molecular complexity index is 4620. The molecule has 0 radical (unpaired) electrons. The molecule has 34 nitrogen and oxygen atoms in total. The Balaban J connectivity index is 1.21. The molecule has 6 aromatic carbocycles. The van der Waals surface area contributed by atoms with Crippen molar-refractivity contribution in [2.75, 3.05) is 16.4 Å². The maximum atomic E-state index is 12.9. The minimum Gasteiger partial charge on any atom is -0.505 e. The minimum absolute atomic E-state index is 0.194. The van der Waals surface area contributed by atoms with E-state index in [1.165, 1.54) is 24.3 Å². The highest BCUT2D eigenvalue weighted by molar-refractivity contribution is 7.87. The fourth-order valence-corrected chi connectivity index (χ4v) is 10.8. The van der Waals surface area contributed by atoms with Gasteiger partial charge >= 0.3 is 0 Å². The Morgan fingerprint density at radius 2 is 0.817 bits per heavy atom. The zero-order valence-electron chi connectivity index (χ0n) is 39.5. The van der Waals surface area contributed by atoms with Crippen molar-refractivity contribution in [1.29, 1.82) is 0 Å². The summed E-state index contributed by atoms with van der Waals surface area (Å²) in [5, 5.41) is 29.7. The van der Waals surface area contributed by atoms with Crippen LogP contribution in [0.4, 0.5) is 63.1 Å². The smallest absolute Gasteiger partial charge is 0.296 e. The van der Waals surface area contributed by atoms with E-state index in [1.54, 1.807) is 0 Å². The quantitative estimate of drug-likeness (QED) is 0.0303. The Hall–Kier alpha value is -8.36. The van der Waals surface area contributed by atoms with Gasteiger partial charge in [-0.15, -0.1) is 20.5 Å². The first-order valence-electron chi connectivity index (χ1n) is 21.2. The number of aromatic hydroxyl groups is 1. The topological polar surface area (TPSA) is 554 Å². The number of hydrogen-bond acceptors (Lipinski definition) is 26. The van der Waals surface area contributed by atoms with Crippen LogP contribution in [-0.2, 0) is 60.7 Å². The molecule has 0 saturated carbocycles. The Kier molecular flexibility index (Phi) is 16.2. The zero-order valence-corrected chi connectivity index (χ0v) is 45.9. The lowest BCUT2D eigenvalue weighted by atomic mass is 10.1. The van der Waals surface area contributed by atoms with Crippen LogP contribution >= 0.6 is 23.2 Å². The van der Waals surface area contributed by atoms with Crippen LogP contribution in [0.15, 0.2) is 157 Å². The highest BCUT2D eigenvalue weighted by atomic mass is 35.5. The van der Waals surface area contributed by atoms with E-state index in [4.69, 9.17) is 28.9 Å². The number of aromatic nitrogens is 6. The molecule has 0 unspecified atom stereocenters. The van der Waals surface area contributed by atoms with Crippen LogP contribution in [0.25, 0.3) is 10.8 Å². The molecule has 0 saturated heterocycles. The Morgan fingerprint density at radius 3 is 1.18 bits per heavy atom. The number of halogens is 2. The van der Waals surface area contributed by atoms with Crippen molar-refractivity contribution >= 4 is 158 Å². The van der Waals surface area contributed by atoms with E-state index in [-0.39, 0.29) is 56.4 Å². The lowest BCUT2D eigenvalue weighted by Gasteiger charge is -2.14. The van der Waals surface area contributed by atoms with Crippen molar-refractivity contribution in [3.8, 4) is 5.75 Å². The summed E-state index contributed by atoms with van der Waals surface area (Å²) in [7, 11) is -30.6. The molecule has 8 rings (SSSR count). The first-order valence-corrected chi connectivity index (χ1v) is 30.6. The van der Waals surface area contributed by atoms with Crippen LogP contribution in [-0.4, -0.2) is 113 Å². The second kappa shape index (κ2) is 22.2. The summed E-state index contributed by atoms with van der Waals surface area (Å²) in [6, 6.07) is 15.3. The van der Waals surface area contributed by atoms with E-state index in [0.717, 1.165) is 60.7 Å². The number of aromatic amines is 2. The molecule has 0 aliphatic rings. The molecule has 0 atom stereocenters. The summed E-state index contributed by atoms with van der Waals surface area (Å²) in [5.41, 5.74) is 0.485. The second-order valence-corrected chi connectivity index (χ2v) is 25.1. The number of anilines is 5. The first kappa shape index (κ1) is 59.8. The average molecular weight is 1290 g/mol. The molecule has 2 aromatic heterocycles. The van der Waals surface area contributed by atoms with E-state index in [2.05, 4.69) is 71.0 Å². The monoisotopic (exact) mass is 1280 g/mol. The molecule has 428 valence electrons. The molecule has 0 fully saturated rings. The second-order valence-electron chi connectivity index (χ2n) is 16.0. The van der Waals surface area contributed by atoms with Gasteiger partial charge in [-0.2, -0.15) is 70.4 Å². The summed E-state index contributed by atoms with van der Waals surface area (Å²) < 4.78 is 207. The van der Waals surface area contributed by atoms with Crippen molar-refractivity contribution < 1.29 is 82.9 Å². The van der Waals surface area contributed by atoms with Crippen LogP contribution in [0.2, 0.25) is 10.6 Å². The first-order chi connectivity index (χ1) is 38.0. The van der Waals surface area contributed by atoms with Crippen molar-refractivity contribution in [3.63, 3.8) is 0 Å². The number of hydrogen-bond donors (Lipinski definition) is 12. The number of nitrogen functional groups attached to an aromatic ring is 1. The highest BCUT2D eigenvalue weighted by Gasteiger charge is 2.29. The molecular weight excluding hydrogens is 1260 g/mol. The van der Waals surface area contributed by atoms with Gasteiger partial charge in [0.2, 0.25) is 33.7 Å². The van der Waals surface area contributed by atoms with Gasteiger partial charge in [-0.3, -0.25) is 37.3 Å². The van der Waals surface area contributed by atoms with Gasteiger partial charge in [-0.1, -0.05) is 0 Å². The Morgan fingerprint density at radius 1 is 0.451 bits per heavy atom. The third kappa shape index (κ3) is 14.0. The molecule has 82 heavy (non-hydrogen) atoms. The van der Waals surface area contributed by atoms with Crippen molar-refractivity contribution in [2.24, 2.45) is 30.4 Å². The van der Waals surface area contributed by atoms with E-state index >= 15 is 0 Å². The van der Waals surface area contributed by atoms with Gasteiger partial charge in [0.15, 0.2) is 5.75 Å². The standard InChI is InChI=1S/C40H29Cl2N15O19S6/c41-35-48-37(44-18-1-7-22(8-2-18)77(59,60)61)52-39(50-35)46-20-5-11-26(79(65,66)67)24(15-20)54-56-32-28(81(71,72)73)13-17-14-29(82(74,75)76)33(34(58)30(17)31(32)43)57-55-25-16-21(6-12-27(25)80(68,69)70)47-40-51-36(42)49-38(53-40)45-19-3-9-23(10-4-19)78(62,63)64/h1-16,58H,43H2,(H,59,60,61)(H,62,63,64)(H,65,66,67)(H,68,69,70)(H,71,72,73)(H,74,75,76)(H2,44,46,48,50,52)(H2,45,47,49,51,53). The third-order valence-electron chi connectivity index (χ3n) is 10.4. The minimum atomic E-state index is -5.57. The van der Waals surface area contributed by atoms with Gasteiger partial charge < -0.3 is 21.5 Å². The molecule has 8 aromatic rings. The van der Waals surface area contributed by atoms with Gasteiger partial charge in [-0.25, -0.2) is 9.98 Å². The van der Waals surface area contributed by atoms with E-state index < -0.39 is 135 Å². The number of nitrogens with one attached hydrogen (secondary N) is 4. The van der Waals surface area contributed by atoms with Crippen molar-refractivity contribution in [2.45, 2.75) is 29.4 Å². The number of H-pyrrole nitrogens is 2. The summed E-state index contributed by atoms with van der Waals surface area (Å²) >= 11 is 12.2. The SMILES string of the molecule is Nc1c(N=Nc2cc(N=c3nc(Nc4ccc(S(=O)(=O)O)cc4)nc(Cl)[nH]3)ccc2S(=O)(=O)O)c(S(=O)(=O)O)cc2cc(S(=O)(=O)O)c(N=Nc3cc(N=c4nc(Nc5ccc(S(=O)(=O)O)cc5)nc(Cl)[nH]4)ccc3S(=O)(=O)O)c(O)c12. The van der Waals surface area contributed by atoms with Crippen LogP contribution in [0.5, 0.6) is 5.75 Å². The van der Waals surface area contributed by atoms with Crippen LogP contribution in [0, 0.1) is 0 Å². The Labute approximate surface area is 468 Å². The molecule has 0 amide bonds. The molecular formula is C40H29Cl2N15O19S6. The number of nitrogens with zero attached hydrogens (tertiary/aromatic N) is 10. The number of phenolic OH excluding ortho intramolecular Hbond substituents is 1. The fourth-order valence-electron chi connectivity index (χ4n) is 6.93. The number of azo groups is 2. The zero-order chi connectivity index (χ0) is 60.1. The molecule has 0 aliphatic carbocycles. The van der Waals surface area contributed by atoms with Crippen molar-refractivity contribution in [3.05, 3.63) is 119 Å². The predicted octanol–water partition coefficient (Wildman–Crippen LogP) is 5.93. The maximum absolute atomic E-state index is 12.9. The number of rotatable bonds is 16. The summed E-state index contributed by atoms with van der Waals surface area (Å²) in [4.78, 5) is 23.8. The molecule has 2 heterocycles. The summed E-state index contributed by atoms with van der Waals surface area (Å²) in [5.74, 6) is -1.87. The highest BCUT2D eigenvalue weighted by Crippen LogP contribution is 2.49. The van der Waals surface area contributed by atoms with Crippen LogP contribution < -0.4 is 27.6 Å². The molecule has 42 heteroatoms. The molecule has 0 aliphatic heterocycles. The van der Waals surface area contributed by atoms with E-state index in [0.29, 0.717) is 12.1 Å². The predicted molar refractivity (Wildman–Crippen MR) is 283 cm³/mol. The maximum Gasteiger partial charge on any atom is 0.296 e. The van der Waals surface area contributed by atoms with Gasteiger partial charge in [0, 0.05) is 11.4 Å². The molecule has 0 spiro atoms. The fraction of sp³-hybridized carbons (Fsp3) is 0. The van der Waals surface area contributed by atoms with Crippen LogP contribution in [0.3, 0.4) is 0 Å².